The molecule has 6 heteroatoms. The minimum absolute atomic E-state index is 0.0974. The van der Waals surface area contributed by atoms with Crippen molar-refractivity contribution in [3.8, 4) is 0 Å². The summed E-state index contributed by atoms with van der Waals surface area (Å²) in [5, 5.41) is 13.1. The Hall–Kier alpha value is -1.24. The summed E-state index contributed by atoms with van der Waals surface area (Å²) < 4.78 is 10.8. The van der Waals surface area contributed by atoms with E-state index < -0.39 is 0 Å². The molecule has 3 heterocycles. The van der Waals surface area contributed by atoms with Gasteiger partial charge in [0.1, 0.15) is 12.1 Å². The highest BCUT2D eigenvalue weighted by Crippen LogP contribution is 2.30. The van der Waals surface area contributed by atoms with Crippen LogP contribution in [0.15, 0.2) is 12.4 Å². The van der Waals surface area contributed by atoms with Crippen LogP contribution in [0.5, 0.6) is 0 Å². The molecule has 2 N–H and O–H groups in total. The molecule has 2 saturated heterocycles. The molecule has 0 spiro atoms. The maximum absolute atomic E-state index is 9.70. The molecule has 0 aromatic carbocycles. The summed E-state index contributed by atoms with van der Waals surface area (Å²) in [5.41, 5.74) is 0.940. The van der Waals surface area contributed by atoms with Gasteiger partial charge in [-0.15, -0.1) is 0 Å². The van der Waals surface area contributed by atoms with Crippen molar-refractivity contribution in [2.75, 3.05) is 44.9 Å². The highest BCUT2D eigenvalue weighted by molar-refractivity contribution is 5.36. The molecule has 0 saturated carbocycles. The third-order valence-electron chi connectivity index (χ3n) is 4.57. The van der Waals surface area contributed by atoms with Crippen LogP contribution in [-0.2, 0) is 9.47 Å². The zero-order valence-electron chi connectivity index (χ0n) is 12.3. The van der Waals surface area contributed by atoms with Crippen LogP contribution in [0.1, 0.15) is 30.9 Å². The molecule has 0 unspecified atom stereocenters. The van der Waals surface area contributed by atoms with E-state index in [0.29, 0.717) is 12.5 Å². The van der Waals surface area contributed by atoms with Crippen molar-refractivity contribution in [2.24, 2.45) is 5.41 Å². The lowest BCUT2D eigenvalue weighted by atomic mass is 9.81. The lowest BCUT2D eigenvalue weighted by Crippen LogP contribution is -2.39. The second-order valence-electron chi connectivity index (χ2n) is 6.01. The van der Waals surface area contributed by atoms with Gasteiger partial charge < -0.3 is 19.9 Å². The fourth-order valence-electron chi connectivity index (χ4n) is 2.93. The maximum atomic E-state index is 9.70. The molecule has 2 aliphatic heterocycles. The Labute approximate surface area is 124 Å². The van der Waals surface area contributed by atoms with Gasteiger partial charge in [0.05, 0.1) is 18.9 Å². The van der Waals surface area contributed by atoms with Crippen LogP contribution in [0.4, 0.5) is 5.82 Å². The molecular weight excluding hydrogens is 270 g/mol. The quantitative estimate of drug-likeness (QED) is 0.849. The standard InChI is InChI=1S/C15H23N3O3/c19-10-15(2-5-20-6-3-15)9-16-14-7-13(17-11-18-14)12-1-4-21-8-12/h7,11-12,19H,1-6,8-10H2,(H,16,17,18)/t12-/m0/s1. The number of aliphatic hydroxyl groups excluding tert-OH is 1. The molecule has 116 valence electrons. The highest BCUT2D eigenvalue weighted by atomic mass is 16.5. The second-order valence-corrected chi connectivity index (χ2v) is 6.01. The van der Waals surface area contributed by atoms with Gasteiger partial charge in [-0.2, -0.15) is 0 Å². The summed E-state index contributed by atoms with van der Waals surface area (Å²) >= 11 is 0. The first kappa shape index (κ1) is 14.7. The summed E-state index contributed by atoms with van der Waals surface area (Å²) in [5.74, 6) is 1.20. The molecule has 21 heavy (non-hydrogen) atoms. The Morgan fingerprint density at radius 3 is 2.81 bits per heavy atom. The zero-order valence-corrected chi connectivity index (χ0v) is 12.3. The molecule has 0 bridgehead atoms. The van der Waals surface area contributed by atoms with E-state index in [-0.39, 0.29) is 12.0 Å². The van der Waals surface area contributed by atoms with Gasteiger partial charge in [-0.25, -0.2) is 9.97 Å². The third-order valence-corrected chi connectivity index (χ3v) is 4.57. The van der Waals surface area contributed by atoms with Crippen molar-refractivity contribution < 1.29 is 14.6 Å². The van der Waals surface area contributed by atoms with Gasteiger partial charge in [-0.05, 0) is 19.3 Å². The number of anilines is 1. The third kappa shape index (κ3) is 3.51. The van der Waals surface area contributed by atoms with Gasteiger partial charge in [-0.1, -0.05) is 0 Å². The maximum Gasteiger partial charge on any atom is 0.129 e. The smallest absolute Gasteiger partial charge is 0.129 e. The first-order valence-electron chi connectivity index (χ1n) is 7.63. The average molecular weight is 293 g/mol. The fraction of sp³-hybridized carbons (Fsp3) is 0.733. The van der Waals surface area contributed by atoms with Crippen LogP contribution in [0.25, 0.3) is 0 Å². The van der Waals surface area contributed by atoms with E-state index in [1.807, 2.05) is 6.07 Å². The van der Waals surface area contributed by atoms with Gasteiger partial charge in [0.2, 0.25) is 0 Å². The Balaban J connectivity index is 1.63. The molecule has 1 aromatic heterocycles. The average Bonchev–Trinajstić information content (AvgIpc) is 3.09. The Morgan fingerprint density at radius 1 is 1.24 bits per heavy atom. The number of nitrogens with one attached hydrogen (secondary N) is 1. The molecule has 0 aliphatic carbocycles. The number of rotatable bonds is 5. The van der Waals surface area contributed by atoms with E-state index in [4.69, 9.17) is 9.47 Å². The van der Waals surface area contributed by atoms with Crippen molar-refractivity contribution >= 4 is 5.82 Å². The predicted octanol–water partition coefficient (Wildman–Crippen LogP) is 1.18. The minimum Gasteiger partial charge on any atom is -0.396 e. The van der Waals surface area contributed by atoms with Crippen LogP contribution in [0.2, 0.25) is 0 Å². The van der Waals surface area contributed by atoms with E-state index in [2.05, 4.69) is 15.3 Å². The van der Waals surface area contributed by atoms with Crippen molar-refractivity contribution in [2.45, 2.75) is 25.2 Å². The topological polar surface area (TPSA) is 76.5 Å². The lowest BCUT2D eigenvalue weighted by Gasteiger charge is -2.35. The number of aromatic nitrogens is 2. The summed E-state index contributed by atoms with van der Waals surface area (Å²) in [6.07, 6.45) is 4.38. The summed E-state index contributed by atoms with van der Waals surface area (Å²) in [4.78, 5) is 8.64. The zero-order chi connectivity index (χ0) is 14.5. The van der Waals surface area contributed by atoms with Crippen LogP contribution < -0.4 is 5.32 Å². The molecule has 2 fully saturated rings. The highest BCUT2D eigenvalue weighted by Gasteiger charge is 2.32. The molecular formula is C15H23N3O3. The van der Waals surface area contributed by atoms with Gasteiger partial charge in [0.15, 0.2) is 0 Å². The largest absolute Gasteiger partial charge is 0.396 e. The van der Waals surface area contributed by atoms with E-state index >= 15 is 0 Å². The fourth-order valence-corrected chi connectivity index (χ4v) is 2.93. The molecule has 0 amide bonds. The molecule has 3 rings (SSSR count). The van der Waals surface area contributed by atoms with Crippen LogP contribution in [0.3, 0.4) is 0 Å². The molecule has 2 aliphatic rings. The SMILES string of the molecule is OCC1(CNc2cc([C@H]3CCOC3)ncn2)CCOCC1. The first-order valence-corrected chi connectivity index (χ1v) is 7.63. The van der Waals surface area contributed by atoms with E-state index in [0.717, 1.165) is 57.2 Å². The second kappa shape index (κ2) is 6.68. The van der Waals surface area contributed by atoms with E-state index in [1.165, 1.54) is 0 Å². The van der Waals surface area contributed by atoms with Gasteiger partial charge >= 0.3 is 0 Å². The summed E-state index contributed by atoms with van der Waals surface area (Å²) in [6, 6.07) is 2.00. The van der Waals surface area contributed by atoms with Crippen LogP contribution >= 0.6 is 0 Å². The van der Waals surface area contributed by atoms with E-state index in [1.54, 1.807) is 6.33 Å². The molecule has 1 aromatic rings. The first-order chi connectivity index (χ1) is 10.3. The molecule has 6 nitrogen and oxygen atoms in total. The summed E-state index contributed by atoms with van der Waals surface area (Å²) in [7, 11) is 0. The number of ether oxygens (including phenoxy) is 2. The molecule has 1 atom stereocenters. The van der Waals surface area contributed by atoms with Crippen molar-refractivity contribution in [1.29, 1.82) is 0 Å². The van der Waals surface area contributed by atoms with Gasteiger partial charge in [-0.3, -0.25) is 0 Å². The monoisotopic (exact) mass is 293 g/mol. The van der Waals surface area contributed by atoms with E-state index in [9.17, 15) is 5.11 Å². The predicted molar refractivity (Wildman–Crippen MR) is 78.3 cm³/mol. The number of aliphatic hydroxyl groups is 1. The Kier molecular flexibility index (Phi) is 4.67. The van der Waals surface area contributed by atoms with Gasteiger partial charge in [0, 0.05) is 43.8 Å². The van der Waals surface area contributed by atoms with Crippen molar-refractivity contribution in [3.05, 3.63) is 18.1 Å². The van der Waals surface area contributed by atoms with Crippen LogP contribution in [-0.4, -0.2) is 54.7 Å². The lowest BCUT2D eigenvalue weighted by molar-refractivity contribution is -0.00862. The normalized spacial score (nSPS) is 24.9. The summed E-state index contributed by atoms with van der Waals surface area (Å²) in [6.45, 7) is 3.88. The number of hydrogen-bond acceptors (Lipinski definition) is 6. The van der Waals surface area contributed by atoms with Crippen LogP contribution in [0, 0.1) is 5.41 Å². The molecule has 0 radical (unpaired) electrons. The number of hydrogen-bond donors (Lipinski definition) is 2. The minimum atomic E-state index is -0.0974. The van der Waals surface area contributed by atoms with Crippen molar-refractivity contribution in [3.63, 3.8) is 0 Å². The van der Waals surface area contributed by atoms with Crippen molar-refractivity contribution in [1.82, 2.24) is 9.97 Å². The Morgan fingerprint density at radius 2 is 2.10 bits per heavy atom. The van der Waals surface area contributed by atoms with Gasteiger partial charge in [0.25, 0.3) is 0 Å². The number of nitrogens with zero attached hydrogens (tertiary/aromatic N) is 2. The Bertz CT molecular complexity index is 457.